The van der Waals surface area contributed by atoms with Gasteiger partial charge in [-0.05, 0) is 23.8 Å². The molecule has 4 rings (SSSR count). The summed E-state index contributed by atoms with van der Waals surface area (Å²) in [6, 6.07) is 7.82. The third kappa shape index (κ3) is 3.23. The summed E-state index contributed by atoms with van der Waals surface area (Å²) >= 11 is 1.62. The van der Waals surface area contributed by atoms with Crippen molar-refractivity contribution in [2.45, 2.75) is 19.0 Å². The molecule has 0 spiro atoms. The minimum absolute atomic E-state index is 0.0756. The first-order valence-corrected chi connectivity index (χ1v) is 9.41. The lowest BCUT2D eigenvalue weighted by molar-refractivity contribution is 0.0963. The Labute approximate surface area is 156 Å². The predicted octanol–water partition coefficient (Wildman–Crippen LogP) is 2.54. The van der Waals surface area contributed by atoms with Gasteiger partial charge < -0.3 is 15.1 Å². The van der Waals surface area contributed by atoms with Crippen LogP contribution < -0.4 is 10.7 Å². The Bertz CT molecular complexity index is 860. The summed E-state index contributed by atoms with van der Waals surface area (Å²) in [4.78, 5) is 17.1. The zero-order valence-electron chi connectivity index (χ0n) is 14.4. The van der Waals surface area contributed by atoms with Crippen molar-refractivity contribution in [1.29, 1.82) is 0 Å². The number of hydrazine groups is 1. The third-order valence-corrected chi connectivity index (χ3v) is 5.34. The maximum absolute atomic E-state index is 11.8. The van der Waals surface area contributed by atoms with Crippen LogP contribution >= 0.6 is 11.3 Å². The van der Waals surface area contributed by atoms with E-state index < -0.39 is 0 Å². The fourth-order valence-corrected chi connectivity index (χ4v) is 3.89. The molecule has 2 N–H and O–H groups in total. The van der Waals surface area contributed by atoms with Gasteiger partial charge in [0.2, 0.25) is 0 Å². The Balaban J connectivity index is 1.47. The standard InChI is InChI=1S/C19H20N4O2S/c1-20-19(24)14-4-2-3-13(9-14)10-22-23-7-5-15(17-11-21-12-26-17)18-16(23)6-8-25-18/h2-5,7,9,11-12,16,22H,6,8,10H2,1H3,(H,20,24). The highest BCUT2D eigenvalue weighted by atomic mass is 32.1. The number of benzene rings is 1. The lowest BCUT2D eigenvalue weighted by atomic mass is 10.0. The predicted molar refractivity (Wildman–Crippen MR) is 101 cm³/mol. The van der Waals surface area contributed by atoms with Crippen molar-refractivity contribution in [2.24, 2.45) is 0 Å². The molecule has 0 radical (unpaired) electrons. The van der Waals surface area contributed by atoms with Crippen LogP contribution in [-0.2, 0) is 11.3 Å². The molecule has 3 heterocycles. The number of aromatic nitrogens is 1. The summed E-state index contributed by atoms with van der Waals surface area (Å²) in [6.07, 6.45) is 6.94. The molecule has 2 aliphatic heterocycles. The number of hydrogen-bond acceptors (Lipinski definition) is 6. The molecule has 1 unspecified atom stereocenters. The first-order chi connectivity index (χ1) is 12.8. The van der Waals surface area contributed by atoms with Crippen LogP contribution in [0, 0.1) is 0 Å². The number of rotatable bonds is 5. The number of amides is 1. The fourth-order valence-electron chi connectivity index (χ4n) is 3.24. The Morgan fingerprint density at radius 1 is 1.46 bits per heavy atom. The summed E-state index contributed by atoms with van der Waals surface area (Å²) < 4.78 is 5.91. The summed E-state index contributed by atoms with van der Waals surface area (Å²) in [6.45, 7) is 1.35. The normalized spacial score (nSPS) is 18.7. The second-order valence-electron chi connectivity index (χ2n) is 6.13. The monoisotopic (exact) mass is 368 g/mol. The van der Waals surface area contributed by atoms with E-state index in [4.69, 9.17) is 4.74 Å². The SMILES string of the molecule is CNC(=O)c1cccc(CNN2C=CC(c3cncs3)=C3OCCC32)c1. The molecule has 1 saturated heterocycles. The number of hydrogen-bond donors (Lipinski definition) is 2. The van der Waals surface area contributed by atoms with Crippen LogP contribution in [0.25, 0.3) is 5.57 Å². The highest BCUT2D eigenvalue weighted by Gasteiger charge is 2.33. The Morgan fingerprint density at radius 3 is 3.19 bits per heavy atom. The second-order valence-corrected chi connectivity index (χ2v) is 7.02. The van der Waals surface area contributed by atoms with Crippen molar-refractivity contribution >= 4 is 22.8 Å². The van der Waals surface area contributed by atoms with E-state index in [1.165, 1.54) is 0 Å². The number of nitrogens with zero attached hydrogens (tertiary/aromatic N) is 2. The van der Waals surface area contributed by atoms with Crippen LogP contribution in [0.5, 0.6) is 0 Å². The van der Waals surface area contributed by atoms with Gasteiger partial charge in [-0.15, -0.1) is 11.3 Å². The van der Waals surface area contributed by atoms with Crippen molar-refractivity contribution < 1.29 is 9.53 Å². The smallest absolute Gasteiger partial charge is 0.251 e. The first-order valence-electron chi connectivity index (χ1n) is 8.53. The molecule has 1 aromatic heterocycles. The molecule has 1 aromatic carbocycles. The van der Waals surface area contributed by atoms with Crippen LogP contribution in [0.3, 0.4) is 0 Å². The molecule has 0 saturated carbocycles. The molecule has 1 amide bonds. The van der Waals surface area contributed by atoms with Crippen LogP contribution in [-0.4, -0.2) is 35.6 Å². The van der Waals surface area contributed by atoms with Crippen molar-refractivity contribution in [3.8, 4) is 0 Å². The molecule has 134 valence electrons. The van der Waals surface area contributed by atoms with Crippen LogP contribution in [0.4, 0.5) is 0 Å². The van der Waals surface area contributed by atoms with Gasteiger partial charge in [0.05, 0.1) is 17.0 Å². The summed E-state index contributed by atoms with van der Waals surface area (Å²) in [5.74, 6) is 0.927. The van der Waals surface area contributed by atoms with Gasteiger partial charge in [-0.25, -0.2) is 5.43 Å². The zero-order chi connectivity index (χ0) is 17.9. The number of carbonyl (C=O) groups is 1. The molecule has 1 fully saturated rings. The molecule has 1 atom stereocenters. The topological polar surface area (TPSA) is 66.5 Å². The minimum Gasteiger partial charge on any atom is -0.495 e. The third-order valence-electron chi connectivity index (χ3n) is 4.53. The summed E-state index contributed by atoms with van der Waals surface area (Å²) in [5, 5.41) is 4.75. The largest absolute Gasteiger partial charge is 0.495 e. The molecule has 26 heavy (non-hydrogen) atoms. The quantitative estimate of drug-likeness (QED) is 0.849. The number of allylic oxidation sites excluding steroid dienone is 2. The highest BCUT2D eigenvalue weighted by Crippen LogP contribution is 2.35. The minimum atomic E-state index is -0.0756. The van der Waals surface area contributed by atoms with Gasteiger partial charge in [0.15, 0.2) is 0 Å². The first kappa shape index (κ1) is 16.8. The average Bonchev–Trinajstić information content (AvgIpc) is 3.37. The van der Waals surface area contributed by atoms with Gasteiger partial charge in [-0.1, -0.05) is 12.1 Å². The molecule has 6 nitrogen and oxygen atoms in total. The number of fused-ring (bicyclic) bond motifs is 1. The van der Waals surface area contributed by atoms with E-state index in [1.54, 1.807) is 18.4 Å². The summed E-state index contributed by atoms with van der Waals surface area (Å²) in [7, 11) is 1.64. The van der Waals surface area contributed by atoms with Crippen LogP contribution in [0.2, 0.25) is 0 Å². The van der Waals surface area contributed by atoms with Crippen molar-refractivity contribution in [3.63, 3.8) is 0 Å². The number of carbonyl (C=O) groups excluding carboxylic acids is 1. The molecular formula is C19H20N4O2S. The lowest BCUT2D eigenvalue weighted by Crippen LogP contribution is -2.42. The molecule has 0 aliphatic carbocycles. The Morgan fingerprint density at radius 2 is 2.38 bits per heavy atom. The van der Waals surface area contributed by atoms with Gasteiger partial charge in [0, 0.05) is 43.5 Å². The van der Waals surface area contributed by atoms with Crippen molar-refractivity contribution in [2.75, 3.05) is 13.7 Å². The van der Waals surface area contributed by atoms with E-state index in [-0.39, 0.29) is 11.9 Å². The molecular weight excluding hydrogens is 348 g/mol. The fraction of sp³-hybridized carbons (Fsp3) is 0.263. The van der Waals surface area contributed by atoms with E-state index in [1.807, 2.05) is 36.0 Å². The Kier molecular flexibility index (Phi) is 4.73. The van der Waals surface area contributed by atoms with E-state index in [2.05, 4.69) is 33.0 Å². The molecule has 7 heteroatoms. The van der Waals surface area contributed by atoms with Gasteiger partial charge in [0.1, 0.15) is 11.8 Å². The maximum atomic E-state index is 11.8. The van der Waals surface area contributed by atoms with E-state index in [0.717, 1.165) is 28.2 Å². The molecule has 2 aliphatic rings. The maximum Gasteiger partial charge on any atom is 0.251 e. The van der Waals surface area contributed by atoms with Gasteiger partial charge >= 0.3 is 0 Å². The van der Waals surface area contributed by atoms with Gasteiger partial charge in [-0.3, -0.25) is 9.78 Å². The molecule has 0 bridgehead atoms. The van der Waals surface area contributed by atoms with Crippen LogP contribution in [0.1, 0.15) is 27.2 Å². The zero-order valence-corrected chi connectivity index (χ0v) is 15.3. The Hall–Kier alpha value is -2.64. The lowest BCUT2D eigenvalue weighted by Gasteiger charge is -2.31. The van der Waals surface area contributed by atoms with Gasteiger partial charge in [-0.2, -0.15) is 0 Å². The number of nitrogens with one attached hydrogen (secondary N) is 2. The highest BCUT2D eigenvalue weighted by molar-refractivity contribution is 7.10. The van der Waals surface area contributed by atoms with E-state index in [9.17, 15) is 4.79 Å². The van der Waals surface area contributed by atoms with Crippen molar-refractivity contribution in [3.05, 3.63) is 70.0 Å². The summed E-state index contributed by atoms with van der Waals surface area (Å²) in [5.41, 5.74) is 8.12. The van der Waals surface area contributed by atoms with Gasteiger partial charge in [0.25, 0.3) is 5.91 Å². The van der Waals surface area contributed by atoms with E-state index >= 15 is 0 Å². The van der Waals surface area contributed by atoms with E-state index in [0.29, 0.717) is 18.7 Å². The molecule has 2 aromatic rings. The number of ether oxygens (including phenoxy) is 1. The second kappa shape index (κ2) is 7.31. The average molecular weight is 368 g/mol. The number of thiazole rings is 1. The van der Waals surface area contributed by atoms with Crippen molar-refractivity contribution in [1.82, 2.24) is 20.7 Å². The van der Waals surface area contributed by atoms with Crippen LogP contribution in [0.15, 0.2) is 54.0 Å².